The van der Waals surface area contributed by atoms with Gasteiger partial charge in [0.25, 0.3) is 0 Å². The summed E-state index contributed by atoms with van der Waals surface area (Å²) in [6.45, 7) is 11.3. The molecule has 0 aromatic carbocycles. The van der Waals surface area contributed by atoms with Crippen LogP contribution in [0.15, 0.2) is 6.20 Å². The highest BCUT2D eigenvalue weighted by molar-refractivity contribution is 5.51. The maximum atomic E-state index is 4.58. The van der Waals surface area contributed by atoms with Crippen LogP contribution in [0.2, 0.25) is 0 Å². The Kier molecular flexibility index (Phi) is 4.50. The molecule has 1 N–H and O–H groups in total. The molecule has 1 aromatic heterocycles. The van der Waals surface area contributed by atoms with Crippen LogP contribution in [0.25, 0.3) is 0 Å². The molecule has 0 amide bonds. The maximum absolute atomic E-state index is 4.58. The molecule has 1 aromatic rings. The number of nitrogens with one attached hydrogen (secondary N) is 1. The summed E-state index contributed by atoms with van der Waals surface area (Å²) in [6.07, 6.45) is 4.40. The molecule has 3 atom stereocenters. The molecule has 0 spiro atoms. The minimum absolute atomic E-state index is 0.562. The number of rotatable bonds is 4. The summed E-state index contributed by atoms with van der Waals surface area (Å²) >= 11 is 0. The summed E-state index contributed by atoms with van der Waals surface area (Å²) in [7, 11) is 2.02. The van der Waals surface area contributed by atoms with Gasteiger partial charge in [0.2, 0.25) is 0 Å². The van der Waals surface area contributed by atoms with Gasteiger partial charge in [-0.3, -0.25) is 4.68 Å². The summed E-state index contributed by atoms with van der Waals surface area (Å²) in [5.41, 5.74) is 2.56. The molecule has 2 rings (SSSR count). The van der Waals surface area contributed by atoms with E-state index >= 15 is 0 Å². The Bertz CT molecular complexity index is 412. The third-order valence-electron chi connectivity index (χ3n) is 4.56. The van der Waals surface area contributed by atoms with Crippen molar-refractivity contribution in [1.82, 2.24) is 15.1 Å². The Morgan fingerprint density at radius 3 is 2.74 bits per heavy atom. The van der Waals surface area contributed by atoms with Crippen LogP contribution in [-0.2, 0) is 13.5 Å². The molecule has 108 valence electrons. The number of piperidine rings is 1. The highest BCUT2D eigenvalue weighted by Crippen LogP contribution is 2.30. The zero-order chi connectivity index (χ0) is 14.0. The van der Waals surface area contributed by atoms with Crippen molar-refractivity contribution in [2.45, 2.75) is 52.6 Å². The van der Waals surface area contributed by atoms with Crippen molar-refractivity contribution in [3.63, 3.8) is 0 Å². The van der Waals surface area contributed by atoms with E-state index in [1.807, 2.05) is 11.7 Å². The number of aryl methyl sites for hydroxylation is 2. The average molecular weight is 264 g/mol. The highest BCUT2D eigenvalue weighted by atomic mass is 15.3. The zero-order valence-electron chi connectivity index (χ0n) is 13.0. The van der Waals surface area contributed by atoms with E-state index in [-0.39, 0.29) is 0 Å². The second-order valence-corrected chi connectivity index (χ2v) is 5.73. The summed E-state index contributed by atoms with van der Waals surface area (Å²) in [6, 6.07) is 1.21. The van der Waals surface area contributed by atoms with Gasteiger partial charge in [-0.05, 0) is 32.2 Å². The minimum Gasteiger partial charge on any atom is -0.366 e. The molecule has 4 nitrogen and oxygen atoms in total. The van der Waals surface area contributed by atoms with Gasteiger partial charge in [-0.15, -0.1) is 0 Å². The highest BCUT2D eigenvalue weighted by Gasteiger charge is 2.33. The van der Waals surface area contributed by atoms with E-state index in [0.717, 1.165) is 19.5 Å². The van der Waals surface area contributed by atoms with Crippen LogP contribution < -0.4 is 10.2 Å². The summed E-state index contributed by atoms with van der Waals surface area (Å²) in [4.78, 5) is 2.55. The van der Waals surface area contributed by atoms with Gasteiger partial charge >= 0.3 is 0 Å². The summed E-state index contributed by atoms with van der Waals surface area (Å²) in [5.74, 6) is 0.665. The number of nitrogens with zero attached hydrogens (tertiary/aromatic N) is 3. The third-order valence-corrected chi connectivity index (χ3v) is 4.56. The van der Waals surface area contributed by atoms with Gasteiger partial charge in [-0.2, -0.15) is 5.10 Å². The van der Waals surface area contributed by atoms with Crippen molar-refractivity contribution in [2.75, 3.05) is 18.0 Å². The van der Waals surface area contributed by atoms with Gasteiger partial charge < -0.3 is 10.2 Å². The molecule has 3 unspecified atom stereocenters. The van der Waals surface area contributed by atoms with Crippen LogP contribution >= 0.6 is 0 Å². The molecule has 2 heterocycles. The van der Waals surface area contributed by atoms with Gasteiger partial charge in [-0.1, -0.05) is 20.8 Å². The van der Waals surface area contributed by atoms with Gasteiger partial charge in [0.1, 0.15) is 0 Å². The topological polar surface area (TPSA) is 33.1 Å². The first kappa shape index (κ1) is 14.4. The quantitative estimate of drug-likeness (QED) is 0.905. The lowest BCUT2D eigenvalue weighted by Crippen LogP contribution is -2.53. The first-order chi connectivity index (χ1) is 9.08. The van der Waals surface area contributed by atoms with E-state index in [9.17, 15) is 0 Å². The molecule has 0 radical (unpaired) electrons. The lowest BCUT2D eigenvalue weighted by atomic mass is 9.86. The molecule has 1 aliphatic heterocycles. The van der Waals surface area contributed by atoms with Crippen LogP contribution in [0.3, 0.4) is 0 Å². The second-order valence-electron chi connectivity index (χ2n) is 5.73. The molecular weight excluding hydrogens is 236 g/mol. The normalized spacial score (nSPS) is 27.8. The van der Waals surface area contributed by atoms with Crippen LogP contribution in [0.1, 0.15) is 39.8 Å². The SMILES string of the molecule is CCNC1CCN(c2cn(C)nc2CC)C(C)C1C. The molecular formula is C15H28N4. The van der Waals surface area contributed by atoms with Crippen molar-refractivity contribution in [2.24, 2.45) is 13.0 Å². The Morgan fingerprint density at radius 2 is 2.11 bits per heavy atom. The molecule has 19 heavy (non-hydrogen) atoms. The third kappa shape index (κ3) is 2.78. The van der Waals surface area contributed by atoms with Gasteiger partial charge in [0.05, 0.1) is 11.4 Å². The number of hydrogen-bond donors (Lipinski definition) is 1. The molecule has 1 saturated heterocycles. The molecule has 4 heteroatoms. The molecule has 1 fully saturated rings. The molecule has 1 aliphatic rings. The second kappa shape index (κ2) is 5.95. The smallest absolute Gasteiger partial charge is 0.0855 e. The van der Waals surface area contributed by atoms with E-state index in [1.165, 1.54) is 17.8 Å². The fourth-order valence-corrected chi connectivity index (χ4v) is 3.27. The predicted octanol–water partition coefficient (Wildman–Crippen LogP) is 2.20. The number of hydrogen-bond acceptors (Lipinski definition) is 3. The Labute approximate surface area is 117 Å². The Hall–Kier alpha value is -1.03. The van der Waals surface area contributed by atoms with Crippen molar-refractivity contribution in [1.29, 1.82) is 0 Å². The van der Waals surface area contributed by atoms with Crippen LogP contribution in [-0.4, -0.2) is 35.0 Å². The predicted molar refractivity (Wildman–Crippen MR) is 80.6 cm³/mol. The number of aromatic nitrogens is 2. The zero-order valence-corrected chi connectivity index (χ0v) is 13.0. The van der Waals surface area contributed by atoms with Crippen molar-refractivity contribution in [3.05, 3.63) is 11.9 Å². The lowest BCUT2D eigenvalue weighted by molar-refractivity contribution is 0.274. The summed E-state index contributed by atoms with van der Waals surface area (Å²) < 4.78 is 1.95. The van der Waals surface area contributed by atoms with Gasteiger partial charge in [0.15, 0.2) is 0 Å². The van der Waals surface area contributed by atoms with Crippen molar-refractivity contribution >= 4 is 5.69 Å². The van der Waals surface area contributed by atoms with E-state index in [1.54, 1.807) is 0 Å². The first-order valence-electron chi connectivity index (χ1n) is 7.61. The number of anilines is 1. The van der Waals surface area contributed by atoms with Crippen LogP contribution in [0.5, 0.6) is 0 Å². The maximum Gasteiger partial charge on any atom is 0.0855 e. The molecule has 0 saturated carbocycles. The van der Waals surface area contributed by atoms with Gasteiger partial charge in [-0.25, -0.2) is 0 Å². The minimum atomic E-state index is 0.562. The van der Waals surface area contributed by atoms with E-state index < -0.39 is 0 Å². The molecule has 0 aliphatic carbocycles. The largest absolute Gasteiger partial charge is 0.366 e. The van der Waals surface area contributed by atoms with Crippen molar-refractivity contribution in [3.8, 4) is 0 Å². The van der Waals surface area contributed by atoms with Crippen molar-refractivity contribution < 1.29 is 0 Å². The first-order valence-corrected chi connectivity index (χ1v) is 7.61. The lowest BCUT2D eigenvalue weighted by Gasteiger charge is -2.44. The summed E-state index contributed by atoms with van der Waals surface area (Å²) in [5, 5.41) is 8.20. The Morgan fingerprint density at radius 1 is 1.37 bits per heavy atom. The van der Waals surface area contributed by atoms with E-state index in [4.69, 9.17) is 0 Å². The van der Waals surface area contributed by atoms with Crippen LogP contribution in [0.4, 0.5) is 5.69 Å². The fraction of sp³-hybridized carbons (Fsp3) is 0.800. The molecule has 0 bridgehead atoms. The van der Waals surface area contributed by atoms with Crippen LogP contribution in [0, 0.1) is 5.92 Å². The average Bonchev–Trinajstić information content (AvgIpc) is 2.76. The fourth-order valence-electron chi connectivity index (χ4n) is 3.27. The van der Waals surface area contributed by atoms with Gasteiger partial charge in [0, 0.05) is 31.9 Å². The Balaban J connectivity index is 2.18. The standard InChI is InChI=1S/C15H28N4/c1-6-13-15(10-18(5)17-13)19-9-8-14(16-7-2)11(3)12(19)4/h10-12,14,16H,6-9H2,1-5H3. The van der Waals surface area contributed by atoms with E-state index in [0.29, 0.717) is 18.0 Å². The monoisotopic (exact) mass is 264 g/mol. The van der Waals surface area contributed by atoms with E-state index in [2.05, 4.69) is 49.2 Å².